The van der Waals surface area contributed by atoms with Gasteiger partial charge in [0, 0.05) is 117 Å². The molecule has 30 nitrogen and oxygen atoms in total. The van der Waals surface area contributed by atoms with Gasteiger partial charge in [-0.25, -0.2) is 45.2 Å². The minimum Gasteiger partial charge on any atom is -0.455 e. The highest BCUT2D eigenvalue weighted by Gasteiger charge is 2.35. The summed E-state index contributed by atoms with van der Waals surface area (Å²) in [6.07, 6.45) is 6.61. The number of primary sulfonamides is 2. The number of nitrogens with zero attached hydrogens (tertiary/aromatic N) is 6. The van der Waals surface area contributed by atoms with Crippen molar-refractivity contribution in [3.63, 3.8) is 0 Å². The number of ether oxygens (including phenoxy) is 4. The van der Waals surface area contributed by atoms with Crippen LogP contribution in [-0.2, 0) is 50.5 Å². The highest BCUT2D eigenvalue weighted by Crippen LogP contribution is 2.46. The third-order valence-electron chi connectivity index (χ3n) is 17.6. The maximum atomic E-state index is 13.9. The standard InChI is InChI=1S/C45H47ClF3N7O7S.C11H15N3O5S.C6H5FN2O4S.C5H11NO.ClH/c1-44(2)13-11-29(37(24-44)35-8-5-30(21-38(35)46)45(47,48)49)26-54-15-17-55(18-16-54)32-6-9-36(41(22-32)63-33-20-28-12-14-50-42(28)51-25-33)43(57)53-64(60,61)34-7-10-39(40(23-34)56(58)59)52-31-4-3-19-62-27-31;12-20(17,18)9-3-4-10(11(6-9)14(15)16)13-8-2-1-5-19-7-8;7-5-2-1-4(14(8,12)13)3-6(5)9(10)11;6-5-2-1-3-7-4-5;/h5-10,12,14,20-23,25,31,52H,3-4,11,13,15-19,24,26-27H2,1-2H3,(H,50,51)(H,53,57);3-4,6,8,13H,1-2,5,7H2,(H2,12,17,18);1-3H,(H2,8,12,13);5H,1-4,6H2;1H/t31-;8-;;5-;/m00.0./s1. The number of sulfonamides is 3. The summed E-state index contributed by atoms with van der Waals surface area (Å²) < 4.78 is 149. The van der Waals surface area contributed by atoms with Crippen LogP contribution in [0.4, 0.5) is 51.7 Å². The quantitative estimate of drug-likeness (QED) is 0.0238. The van der Waals surface area contributed by atoms with E-state index in [1.807, 2.05) is 0 Å². The second kappa shape index (κ2) is 35.8. The summed E-state index contributed by atoms with van der Waals surface area (Å²) in [6, 6.07) is 21.1. The van der Waals surface area contributed by atoms with Crippen LogP contribution < -0.4 is 41.0 Å². The van der Waals surface area contributed by atoms with Crippen LogP contribution in [0.2, 0.25) is 5.02 Å². The van der Waals surface area contributed by atoms with E-state index >= 15 is 0 Å². The molecule has 0 saturated carbocycles. The van der Waals surface area contributed by atoms with E-state index in [1.165, 1.54) is 42.6 Å². The molecule has 10 N–H and O–H groups in total. The lowest BCUT2D eigenvalue weighted by molar-refractivity contribution is -0.387. The summed E-state index contributed by atoms with van der Waals surface area (Å²) in [5.74, 6) is -1.78. The zero-order valence-corrected chi connectivity index (χ0v) is 61.2. The molecule has 0 unspecified atom stereocenters. The Kier molecular flexibility index (Phi) is 28.0. The molecule has 574 valence electrons. The third kappa shape index (κ3) is 22.7. The SMILES string of the molecule is CC1(C)CCC(CN2CCN(c3ccc(C(=O)NS(=O)(=O)c4ccc(N[C@H]5CCCOC5)c([N+](=O)[O-])c4)c(Oc4cnc5[nH]ccc5c4)c3)CC2)=C(c2ccc(C(F)(F)F)cc2Cl)C1.Cl.NS(=O)(=O)c1ccc(F)c([N+](=O)[O-])c1.NS(=O)(=O)c1ccc(N[C@H]2CCCOC2)c([N+](=O)[O-])c1.N[C@H]1CCCOC1. The number of benzene rings is 5. The number of rotatable bonds is 18. The zero-order chi connectivity index (χ0) is 76.2. The van der Waals surface area contributed by atoms with Crippen molar-refractivity contribution in [2.75, 3.05) is 87.9 Å². The molecule has 1 aliphatic carbocycles. The number of nitrogens with one attached hydrogen (secondary N) is 4. The van der Waals surface area contributed by atoms with Crippen molar-refractivity contribution in [1.82, 2.24) is 19.6 Å². The molecule has 4 fully saturated rings. The number of carbonyl (C=O) groups excluding carboxylic acids is 1. The molecule has 5 aromatic carbocycles. The van der Waals surface area contributed by atoms with Gasteiger partial charge in [-0.05, 0) is 147 Å². The highest BCUT2D eigenvalue weighted by molar-refractivity contribution is 7.90. The molecular formula is C67H79Cl2F4N13O17S3. The maximum Gasteiger partial charge on any atom is 0.416 e. The van der Waals surface area contributed by atoms with Gasteiger partial charge in [0.25, 0.3) is 27.3 Å². The molecule has 7 aromatic rings. The van der Waals surface area contributed by atoms with Crippen molar-refractivity contribution in [2.45, 2.75) is 111 Å². The minimum atomic E-state index is -4.61. The Morgan fingerprint density at radius 1 is 0.726 bits per heavy atom. The van der Waals surface area contributed by atoms with Crippen molar-refractivity contribution >= 4 is 111 Å². The van der Waals surface area contributed by atoms with E-state index in [9.17, 15) is 78.0 Å². The van der Waals surface area contributed by atoms with Crippen LogP contribution in [0.5, 0.6) is 11.5 Å². The molecule has 4 saturated heterocycles. The number of halogens is 6. The first-order chi connectivity index (χ1) is 49.5. The number of anilines is 3. The predicted molar refractivity (Wildman–Crippen MR) is 389 cm³/mol. The molecular weight excluding hydrogens is 1500 g/mol. The van der Waals surface area contributed by atoms with Gasteiger partial charge in [-0.15, -0.1) is 12.4 Å². The Labute approximate surface area is 618 Å². The topological polar surface area (TPSA) is 435 Å². The van der Waals surface area contributed by atoms with Gasteiger partial charge in [-0.2, -0.15) is 17.6 Å². The van der Waals surface area contributed by atoms with E-state index in [0.717, 1.165) is 111 Å². The number of nitro benzene ring substituents is 3. The number of hydrogen-bond donors (Lipinski definition) is 7. The van der Waals surface area contributed by atoms with Crippen LogP contribution in [0, 0.1) is 41.6 Å². The number of alkyl halides is 3. The number of amides is 1. The first-order valence-corrected chi connectivity index (χ1v) is 37.9. The fraction of sp³-hybridized carbons (Fsp3) is 0.403. The summed E-state index contributed by atoms with van der Waals surface area (Å²) in [5, 5.41) is 49.9. The zero-order valence-electron chi connectivity index (χ0n) is 57.2. The molecule has 39 heteroatoms. The summed E-state index contributed by atoms with van der Waals surface area (Å²) in [5.41, 5.74) is 7.36. The van der Waals surface area contributed by atoms with Crippen LogP contribution >= 0.6 is 24.0 Å². The summed E-state index contributed by atoms with van der Waals surface area (Å²) in [4.78, 5) is 55.5. The summed E-state index contributed by atoms with van der Waals surface area (Å²) >= 11 is 6.53. The smallest absolute Gasteiger partial charge is 0.416 e. The van der Waals surface area contributed by atoms with Gasteiger partial charge in [-0.1, -0.05) is 37.1 Å². The predicted octanol–water partition coefficient (Wildman–Crippen LogP) is 11.2. The molecule has 12 rings (SSSR count). The monoisotopic (exact) mass is 1580 g/mol. The number of aromatic amines is 1. The Hall–Kier alpha value is -8.73. The Balaban J connectivity index is 0.000000271. The van der Waals surface area contributed by atoms with Crippen molar-refractivity contribution < 1.29 is 81.3 Å². The first-order valence-electron chi connectivity index (χ1n) is 33.0. The fourth-order valence-electron chi connectivity index (χ4n) is 12.1. The minimum absolute atomic E-state index is 0. The lowest BCUT2D eigenvalue weighted by Crippen LogP contribution is -2.47. The number of hydrogen-bond acceptors (Lipinski definition) is 23. The largest absolute Gasteiger partial charge is 0.455 e. The number of aromatic nitrogens is 2. The third-order valence-corrected chi connectivity index (χ3v) is 21.1. The van der Waals surface area contributed by atoms with Gasteiger partial charge in [0.15, 0.2) is 0 Å². The van der Waals surface area contributed by atoms with Crippen LogP contribution in [0.15, 0.2) is 136 Å². The number of H-pyrrole nitrogens is 1. The number of fused-ring (bicyclic) bond motifs is 1. The lowest BCUT2D eigenvalue weighted by Gasteiger charge is -2.39. The Morgan fingerprint density at radius 2 is 1.28 bits per heavy atom. The van der Waals surface area contributed by atoms with Crippen LogP contribution in [0.3, 0.4) is 0 Å². The van der Waals surface area contributed by atoms with Crippen LogP contribution in [0.25, 0.3) is 16.6 Å². The molecule has 5 aliphatic rings. The van der Waals surface area contributed by atoms with E-state index in [2.05, 4.69) is 49.0 Å². The Morgan fingerprint density at radius 3 is 1.80 bits per heavy atom. The summed E-state index contributed by atoms with van der Waals surface area (Å²) in [6.45, 7) is 11.2. The average molecular weight is 1580 g/mol. The number of carbonyl (C=O) groups is 1. The van der Waals surface area contributed by atoms with E-state index in [4.69, 9.17) is 46.6 Å². The van der Waals surface area contributed by atoms with Crippen LogP contribution in [-0.4, -0.2) is 151 Å². The van der Waals surface area contributed by atoms with E-state index < -0.39 is 89.5 Å². The highest BCUT2D eigenvalue weighted by atomic mass is 35.5. The van der Waals surface area contributed by atoms with Crippen LogP contribution in [0.1, 0.15) is 93.1 Å². The number of allylic oxidation sites excluding steroid dienone is 1. The average Bonchev–Trinajstić information content (AvgIpc) is 0.845. The van der Waals surface area contributed by atoms with E-state index in [-0.39, 0.29) is 68.2 Å². The number of nitrogens with two attached hydrogens (primary N) is 3. The second-order valence-electron chi connectivity index (χ2n) is 26.1. The van der Waals surface area contributed by atoms with Gasteiger partial charge >= 0.3 is 11.9 Å². The van der Waals surface area contributed by atoms with Crippen molar-refractivity contribution in [3.8, 4) is 11.5 Å². The number of nitro groups is 3. The lowest BCUT2D eigenvalue weighted by atomic mass is 9.72. The number of pyridine rings is 1. The Bertz CT molecular complexity index is 4730. The molecule has 1 amide bonds. The van der Waals surface area contributed by atoms with Gasteiger partial charge in [0.05, 0.1) is 66.6 Å². The molecule has 0 bridgehead atoms. The summed E-state index contributed by atoms with van der Waals surface area (Å²) in [7, 11) is -12.6. The molecule has 3 atom stereocenters. The van der Waals surface area contributed by atoms with Gasteiger partial charge in [0.2, 0.25) is 25.9 Å². The molecule has 6 heterocycles. The van der Waals surface area contributed by atoms with Gasteiger partial charge < -0.3 is 45.2 Å². The second-order valence-corrected chi connectivity index (χ2v) is 31.3. The molecule has 106 heavy (non-hydrogen) atoms. The molecule has 0 radical (unpaired) electrons. The van der Waals surface area contributed by atoms with Crippen molar-refractivity contribution in [2.24, 2.45) is 21.4 Å². The molecule has 2 aromatic heterocycles. The van der Waals surface area contributed by atoms with E-state index in [0.29, 0.717) is 106 Å². The maximum absolute atomic E-state index is 13.9. The molecule has 4 aliphatic heterocycles. The van der Waals surface area contributed by atoms with Gasteiger partial charge in [-0.3, -0.25) is 40.0 Å². The van der Waals surface area contributed by atoms with E-state index in [1.54, 1.807) is 30.5 Å². The molecule has 0 spiro atoms. The fourth-order valence-corrected chi connectivity index (χ4v) is 14.5. The van der Waals surface area contributed by atoms with Crippen molar-refractivity contribution in [1.29, 1.82) is 0 Å². The van der Waals surface area contributed by atoms with Crippen molar-refractivity contribution in [3.05, 3.63) is 179 Å². The number of piperazine rings is 1. The van der Waals surface area contributed by atoms with Gasteiger partial charge in [0.1, 0.15) is 28.5 Å². The normalized spacial score (nSPS) is 18.5. The first kappa shape index (κ1) is 82.9.